The van der Waals surface area contributed by atoms with E-state index in [2.05, 4.69) is 5.32 Å². The van der Waals surface area contributed by atoms with Crippen LogP contribution in [0.4, 0.5) is 0 Å². The van der Waals surface area contributed by atoms with Crippen LogP contribution in [0.2, 0.25) is 0 Å². The predicted molar refractivity (Wildman–Crippen MR) is 71.5 cm³/mol. The molecule has 0 spiro atoms. The first-order valence-corrected chi connectivity index (χ1v) is 7.69. The molecule has 0 unspecified atom stereocenters. The Hall–Kier alpha value is -0.610. The van der Waals surface area contributed by atoms with Crippen molar-refractivity contribution in [2.24, 2.45) is 23.2 Å². The SMILES string of the molecule is O=C(NCCOCCO)C12CC3CC(CC(C3)C1)C2. The molecule has 0 atom stereocenters. The van der Waals surface area contributed by atoms with Crippen LogP contribution < -0.4 is 5.32 Å². The predicted octanol–water partition coefficient (Wildman–Crippen LogP) is 1.33. The number of carbonyl (C=O) groups excluding carboxylic acids is 1. The van der Waals surface area contributed by atoms with Crippen LogP contribution in [0.25, 0.3) is 0 Å². The Labute approximate surface area is 114 Å². The van der Waals surface area contributed by atoms with E-state index in [-0.39, 0.29) is 17.9 Å². The van der Waals surface area contributed by atoms with Gasteiger partial charge in [0.15, 0.2) is 0 Å². The van der Waals surface area contributed by atoms with Gasteiger partial charge in [-0.15, -0.1) is 0 Å². The molecular weight excluding hydrogens is 242 g/mol. The summed E-state index contributed by atoms with van der Waals surface area (Å²) in [5.74, 6) is 2.69. The molecule has 4 saturated carbocycles. The summed E-state index contributed by atoms with van der Waals surface area (Å²) in [4.78, 5) is 12.5. The Balaban J connectivity index is 1.52. The van der Waals surface area contributed by atoms with Gasteiger partial charge in [-0.3, -0.25) is 4.79 Å². The fourth-order valence-electron chi connectivity index (χ4n) is 4.98. The molecular formula is C15H25NO3. The molecule has 0 heterocycles. The minimum atomic E-state index is -0.0499. The van der Waals surface area contributed by atoms with Crippen molar-refractivity contribution in [1.29, 1.82) is 0 Å². The molecule has 108 valence electrons. The molecule has 4 aliphatic rings. The first-order chi connectivity index (χ1) is 9.22. The van der Waals surface area contributed by atoms with Gasteiger partial charge in [-0.05, 0) is 56.3 Å². The lowest BCUT2D eigenvalue weighted by atomic mass is 9.49. The summed E-state index contributed by atoms with van der Waals surface area (Å²) in [6.07, 6.45) is 7.44. The fraction of sp³-hybridized carbons (Fsp3) is 0.933. The van der Waals surface area contributed by atoms with Crippen molar-refractivity contribution in [1.82, 2.24) is 5.32 Å². The van der Waals surface area contributed by atoms with Gasteiger partial charge in [-0.1, -0.05) is 0 Å². The van der Waals surface area contributed by atoms with Gasteiger partial charge in [-0.25, -0.2) is 0 Å². The third kappa shape index (κ3) is 2.65. The smallest absolute Gasteiger partial charge is 0.226 e. The summed E-state index contributed by atoms with van der Waals surface area (Å²) in [6.45, 7) is 1.47. The van der Waals surface area contributed by atoms with Crippen LogP contribution in [0, 0.1) is 23.2 Å². The van der Waals surface area contributed by atoms with E-state index in [1.807, 2.05) is 0 Å². The van der Waals surface area contributed by atoms with Gasteiger partial charge in [0.2, 0.25) is 5.91 Å². The van der Waals surface area contributed by atoms with Crippen LogP contribution in [-0.4, -0.2) is 37.4 Å². The van der Waals surface area contributed by atoms with Crippen molar-refractivity contribution in [3.63, 3.8) is 0 Å². The van der Waals surface area contributed by atoms with Crippen LogP contribution in [-0.2, 0) is 9.53 Å². The lowest BCUT2D eigenvalue weighted by molar-refractivity contribution is -0.146. The molecule has 4 aliphatic carbocycles. The summed E-state index contributed by atoms with van der Waals surface area (Å²) in [6, 6.07) is 0. The topological polar surface area (TPSA) is 58.6 Å². The lowest BCUT2D eigenvalue weighted by Crippen LogP contribution is -2.53. The second-order valence-corrected chi connectivity index (χ2v) is 6.79. The van der Waals surface area contributed by atoms with Crippen molar-refractivity contribution in [2.45, 2.75) is 38.5 Å². The molecule has 4 heteroatoms. The van der Waals surface area contributed by atoms with Crippen molar-refractivity contribution in [3.05, 3.63) is 0 Å². The van der Waals surface area contributed by atoms with Gasteiger partial charge < -0.3 is 15.2 Å². The molecule has 4 bridgehead atoms. The minimum Gasteiger partial charge on any atom is -0.394 e. The number of ether oxygens (including phenoxy) is 1. The first-order valence-electron chi connectivity index (χ1n) is 7.69. The van der Waals surface area contributed by atoms with E-state index in [0.717, 1.165) is 37.0 Å². The zero-order valence-electron chi connectivity index (χ0n) is 11.6. The van der Waals surface area contributed by atoms with Gasteiger partial charge in [0.25, 0.3) is 0 Å². The molecule has 0 saturated heterocycles. The van der Waals surface area contributed by atoms with Gasteiger partial charge >= 0.3 is 0 Å². The molecule has 4 nitrogen and oxygen atoms in total. The molecule has 0 aromatic heterocycles. The molecule has 0 aromatic rings. The number of carbonyl (C=O) groups is 1. The number of hydrogen-bond donors (Lipinski definition) is 2. The molecule has 0 radical (unpaired) electrons. The standard InChI is InChI=1S/C15H25NO3/c17-2-4-19-3-1-16-14(18)15-8-11-5-12(9-15)7-13(6-11)10-15/h11-13,17H,1-10H2,(H,16,18). The quantitative estimate of drug-likeness (QED) is 0.714. The second kappa shape index (κ2) is 5.41. The van der Waals surface area contributed by atoms with Crippen LogP contribution in [0.1, 0.15) is 38.5 Å². The highest BCUT2D eigenvalue weighted by atomic mass is 16.5. The number of aliphatic hydroxyl groups excluding tert-OH is 1. The van der Waals surface area contributed by atoms with E-state index in [0.29, 0.717) is 19.8 Å². The average Bonchev–Trinajstić information content (AvgIpc) is 2.36. The number of rotatable bonds is 6. The monoisotopic (exact) mass is 267 g/mol. The second-order valence-electron chi connectivity index (χ2n) is 6.79. The van der Waals surface area contributed by atoms with Crippen LogP contribution in [0.5, 0.6) is 0 Å². The minimum absolute atomic E-state index is 0.0446. The Kier molecular flexibility index (Phi) is 3.81. The molecule has 0 aromatic carbocycles. The van der Waals surface area contributed by atoms with E-state index in [1.54, 1.807) is 0 Å². The molecule has 2 N–H and O–H groups in total. The van der Waals surface area contributed by atoms with Crippen molar-refractivity contribution >= 4 is 5.91 Å². The Bertz CT molecular complexity index is 307. The third-order valence-electron chi connectivity index (χ3n) is 5.29. The normalized spacial score (nSPS) is 39.5. The lowest BCUT2D eigenvalue weighted by Gasteiger charge is -2.55. The maximum atomic E-state index is 12.5. The van der Waals surface area contributed by atoms with Gasteiger partial charge in [0, 0.05) is 12.0 Å². The van der Waals surface area contributed by atoms with Crippen molar-refractivity contribution in [3.8, 4) is 0 Å². The zero-order valence-corrected chi connectivity index (χ0v) is 11.6. The highest BCUT2D eigenvalue weighted by Crippen LogP contribution is 2.60. The Morgan fingerprint density at radius 1 is 1.11 bits per heavy atom. The number of amides is 1. The Morgan fingerprint density at radius 3 is 2.21 bits per heavy atom. The molecule has 19 heavy (non-hydrogen) atoms. The Morgan fingerprint density at radius 2 is 1.68 bits per heavy atom. The van der Waals surface area contributed by atoms with E-state index >= 15 is 0 Å². The maximum Gasteiger partial charge on any atom is 0.226 e. The highest BCUT2D eigenvalue weighted by Gasteiger charge is 2.54. The molecule has 1 amide bonds. The molecule has 4 fully saturated rings. The molecule has 0 aliphatic heterocycles. The van der Waals surface area contributed by atoms with E-state index in [1.165, 1.54) is 19.3 Å². The number of nitrogens with one attached hydrogen (secondary N) is 1. The summed E-state index contributed by atoms with van der Waals surface area (Å²) in [5, 5.41) is 11.7. The van der Waals surface area contributed by atoms with E-state index in [4.69, 9.17) is 9.84 Å². The van der Waals surface area contributed by atoms with Gasteiger partial charge in [0.05, 0.1) is 19.8 Å². The maximum absolute atomic E-state index is 12.5. The summed E-state index contributed by atoms with van der Waals surface area (Å²) in [5.41, 5.74) is -0.0499. The number of hydrogen-bond acceptors (Lipinski definition) is 3. The molecule has 4 rings (SSSR count). The summed E-state index contributed by atoms with van der Waals surface area (Å²) < 4.78 is 5.19. The summed E-state index contributed by atoms with van der Waals surface area (Å²) >= 11 is 0. The van der Waals surface area contributed by atoms with Crippen molar-refractivity contribution in [2.75, 3.05) is 26.4 Å². The largest absolute Gasteiger partial charge is 0.394 e. The fourth-order valence-corrected chi connectivity index (χ4v) is 4.98. The first kappa shape index (κ1) is 13.4. The van der Waals surface area contributed by atoms with Crippen LogP contribution in [0.3, 0.4) is 0 Å². The average molecular weight is 267 g/mol. The van der Waals surface area contributed by atoms with Gasteiger partial charge in [-0.2, -0.15) is 0 Å². The zero-order chi connectivity index (χ0) is 13.3. The van der Waals surface area contributed by atoms with E-state index < -0.39 is 0 Å². The van der Waals surface area contributed by atoms with Crippen LogP contribution in [0.15, 0.2) is 0 Å². The number of aliphatic hydroxyl groups is 1. The third-order valence-corrected chi connectivity index (χ3v) is 5.29. The summed E-state index contributed by atoms with van der Waals surface area (Å²) in [7, 11) is 0. The highest BCUT2D eigenvalue weighted by molar-refractivity contribution is 5.83. The van der Waals surface area contributed by atoms with E-state index in [9.17, 15) is 4.79 Å². The van der Waals surface area contributed by atoms with Gasteiger partial charge in [0.1, 0.15) is 0 Å². The van der Waals surface area contributed by atoms with Crippen LogP contribution >= 0.6 is 0 Å². The van der Waals surface area contributed by atoms with Crippen molar-refractivity contribution < 1.29 is 14.6 Å².